The van der Waals surface area contributed by atoms with Gasteiger partial charge < -0.3 is 14.7 Å². The average Bonchev–Trinajstić information content (AvgIpc) is 2.82. The fourth-order valence-electron chi connectivity index (χ4n) is 2.13. The number of benzene rings is 2. The van der Waals surface area contributed by atoms with Crippen molar-refractivity contribution < 1.29 is 4.74 Å². The molecule has 0 bridgehead atoms. The number of rotatable bonds is 4. The lowest BCUT2D eigenvalue weighted by atomic mass is 10.3. The molecule has 0 saturated heterocycles. The molecule has 0 spiro atoms. The molecule has 0 aliphatic heterocycles. The highest BCUT2D eigenvalue weighted by Gasteiger charge is 2.08. The molecule has 0 saturated carbocycles. The molecule has 0 amide bonds. The number of hydrogen-bond donors (Lipinski definition) is 2. The third-order valence-corrected chi connectivity index (χ3v) is 3.25. The van der Waals surface area contributed by atoms with Crippen LogP contribution in [0.25, 0.3) is 11.0 Å². The van der Waals surface area contributed by atoms with Crippen LogP contribution < -0.4 is 16.0 Å². The molecule has 0 aliphatic carbocycles. The van der Waals surface area contributed by atoms with E-state index in [1.54, 1.807) is 0 Å². The van der Waals surface area contributed by atoms with Crippen molar-refractivity contribution in [2.45, 2.75) is 6.61 Å². The number of nitrogens with one attached hydrogen (secondary N) is 1. The number of hydrazine groups is 1. The Hall–Kier alpha value is -2.53. The van der Waals surface area contributed by atoms with Crippen molar-refractivity contribution in [1.82, 2.24) is 9.55 Å². The molecule has 0 radical (unpaired) electrons. The maximum atomic E-state index is 5.74. The summed E-state index contributed by atoms with van der Waals surface area (Å²) in [6.45, 7) is 0.431. The number of fused-ring (bicyclic) bond motifs is 1. The first-order chi connectivity index (χ1) is 9.78. The van der Waals surface area contributed by atoms with Crippen LogP contribution in [-0.4, -0.2) is 9.55 Å². The van der Waals surface area contributed by atoms with E-state index in [0.29, 0.717) is 6.61 Å². The largest absolute Gasteiger partial charge is 0.486 e. The second kappa shape index (κ2) is 5.22. The molecule has 3 rings (SSSR count). The van der Waals surface area contributed by atoms with Gasteiger partial charge in [-0.1, -0.05) is 18.2 Å². The molecule has 1 aromatic heterocycles. The van der Waals surface area contributed by atoms with E-state index in [1.807, 2.05) is 60.1 Å². The van der Waals surface area contributed by atoms with Crippen LogP contribution in [0.1, 0.15) is 5.82 Å². The van der Waals surface area contributed by atoms with Gasteiger partial charge in [-0.25, -0.2) is 4.98 Å². The Balaban J connectivity index is 1.86. The first-order valence-corrected chi connectivity index (χ1v) is 6.38. The number of nitrogen functional groups attached to an aromatic ring is 1. The molecule has 102 valence electrons. The van der Waals surface area contributed by atoms with Crippen LogP contribution in [-0.2, 0) is 13.7 Å². The van der Waals surface area contributed by atoms with E-state index in [0.717, 1.165) is 28.3 Å². The van der Waals surface area contributed by atoms with Gasteiger partial charge >= 0.3 is 0 Å². The van der Waals surface area contributed by atoms with Gasteiger partial charge in [0.15, 0.2) is 0 Å². The number of aromatic nitrogens is 2. The van der Waals surface area contributed by atoms with Gasteiger partial charge in [0.2, 0.25) is 0 Å². The normalized spacial score (nSPS) is 10.7. The molecule has 0 unspecified atom stereocenters. The monoisotopic (exact) mass is 268 g/mol. The lowest BCUT2D eigenvalue weighted by molar-refractivity contribution is 0.292. The number of hydrogen-bond acceptors (Lipinski definition) is 4. The summed E-state index contributed by atoms with van der Waals surface area (Å²) in [6, 6.07) is 15.5. The van der Waals surface area contributed by atoms with E-state index < -0.39 is 0 Å². The zero-order chi connectivity index (χ0) is 13.9. The second-order valence-corrected chi connectivity index (χ2v) is 4.54. The van der Waals surface area contributed by atoms with Gasteiger partial charge in [-0.2, -0.15) is 0 Å². The Bertz CT molecular complexity index is 721. The summed E-state index contributed by atoms with van der Waals surface area (Å²) in [5.74, 6) is 7.12. The van der Waals surface area contributed by atoms with E-state index in [9.17, 15) is 0 Å². The van der Waals surface area contributed by atoms with E-state index in [-0.39, 0.29) is 0 Å². The van der Waals surface area contributed by atoms with Crippen LogP contribution in [0.4, 0.5) is 5.69 Å². The van der Waals surface area contributed by atoms with Gasteiger partial charge in [-0.3, -0.25) is 5.84 Å². The van der Waals surface area contributed by atoms with E-state index >= 15 is 0 Å². The first-order valence-electron chi connectivity index (χ1n) is 6.38. The smallest absolute Gasteiger partial charge is 0.147 e. The lowest BCUT2D eigenvalue weighted by Crippen LogP contribution is -2.06. The summed E-state index contributed by atoms with van der Waals surface area (Å²) in [5, 5.41) is 0. The molecule has 20 heavy (non-hydrogen) atoms. The van der Waals surface area contributed by atoms with Gasteiger partial charge in [-0.05, 0) is 30.3 Å². The molecule has 5 heteroatoms. The molecule has 5 nitrogen and oxygen atoms in total. The van der Waals surface area contributed by atoms with Gasteiger partial charge in [0.25, 0.3) is 0 Å². The minimum Gasteiger partial charge on any atom is -0.486 e. The molecule has 1 heterocycles. The van der Waals surface area contributed by atoms with Crippen LogP contribution in [0.5, 0.6) is 5.75 Å². The van der Waals surface area contributed by atoms with E-state index in [4.69, 9.17) is 10.6 Å². The summed E-state index contributed by atoms with van der Waals surface area (Å²) < 4.78 is 7.76. The topological polar surface area (TPSA) is 65.1 Å². The zero-order valence-electron chi connectivity index (χ0n) is 11.2. The Morgan fingerprint density at radius 3 is 2.75 bits per heavy atom. The van der Waals surface area contributed by atoms with Gasteiger partial charge in [0, 0.05) is 7.05 Å². The molecular weight excluding hydrogens is 252 g/mol. The summed E-state index contributed by atoms with van der Waals surface area (Å²) in [5.41, 5.74) is 5.41. The predicted molar refractivity (Wildman–Crippen MR) is 79.3 cm³/mol. The van der Waals surface area contributed by atoms with Crippen molar-refractivity contribution in [3.8, 4) is 5.75 Å². The molecule has 0 fully saturated rings. The number of nitrogens with zero attached hydrogens (tertiary/aromatic N) is 2. The number of aryl methyl sites for hydroxylation is 1. The predicted octanol–water partition coefficient (Wildman–Crippen LogP) is 2.44. The van der Waals surface area contributed by atoms with Crippen LogP contribution in [0.2, 0.25) is 0 Å². The van der Waals surface area contributed by atoms with Gasteiger partial charge in [-0.15, -0.1) is 0 Å². The third-order valence-electron chi connectivity index (χ3n) is 3.25. The van der Waals surface area contributed by atoms with E-state index in [1.165, 1.54) is 0 Å². The molecule has 2 aromatic carbocycles. The van der Waals surface area contributed by atoms with Crippen molar-refractivity contribution in [2.75, 3.05) is 5.43 Å². The molecule has 0 atom stereocenters. The maximum Gasteiger partial charge on any atom is 0.147 e. The van der Waals surface area contributed by atoms with Crippen LogP contribution in [0.3, 0.4) is 0 Å². The standard InChI is InChI=1S/C15H16N4O/c1-19-14-8-7-11(18-16)9-13(14)17-15(19)10-20-12-5-3-2-4-6-12/h2-9,18H,10,16H2,1H3. The Morgan fingerprint density at radius 1 is 1.20 bits per heavy atom. The zero-order valence-corrected chi connectivity index (χ0v) is 11.2. The number of imidazole rings is 1. The lowest BCUT2D eigenvalue weighted by Gasteiger charge is -2.05. The minimum atomic E-state index is 0.431. The number of anilines is 1. The Morgan fingerprint density at radius 2 is 2.00 bits per heavy atom. The summed E-state index contributed by atoms with van der Waals surface area (Å²) in [6.07, 6.45) is 0. The van der Waals surface area contributed by atoms with Crippen molar-refractivity contribution in [3.05, 3.63) is 54.4 Å². The van der Waals surface area contributed by atoms with Gasteiger partial charge in [0.05, 0.1) is 16.7 Å². The quantitative estimate of drug-likeness (QED) is 0.563. The molecular formula is C15H16N4O. The average molecular weight is 268 g/mol. The summed E-state index contributed by atoms with van der Waals surface area (Å²) in [4.78, 5) is 4.58. The Labute approximate surface area is 117 Å². The summed E-state index contributed by atoms with van der Waals surface area (Å²) in [7, 11) is 1.98. The number of nitrogens with two attached hydrogens (primary N) is 1. The highest BCUT2D eigenvalue weighted by atomic mass is 16.5. The summed E-state index contributed by atoms with van der Waals surface area (Å²) >= 11 is 0. The van der Waals surface area contributed by atoms with Crippen molar-refractivity contribution in [1.29, 1.82) is 0 Å². The maximum absolute atomic E-state index is 5.74. The SMILES string of the molecule is Cn1c(COc2ccccc2)nc2cc(NN)ccc21. The molecule has 3 N–H and O–H groups in total. The fourth-order valence-corrected chi connectivity index (χ4v) is 2.13. The number of ether oxygens (including phenoxy) is 1. The van der Waals surface area contributed by atoms with Crippen LogP contribution >= 0.6 is 0 Å². The van der Waals surface area contributed by atoms with E-state index in [2.05, 4.69) is 10.4 Å². The first kappa shape index (κ1) is 12.5. The van der Waals surface area contributed by atoms with Crippen molar-refractivity contribution in [3.63, 3.8) is 0 Å². The molecule has 0 aliphatic rings. The van der Waals surface area contributed by atoms with Crippen molar-refractivity contribution in [2.24, 2.45) is 12.9 Å². The van der Waals surface area contributed by atoms with Crippen molar-refractivity contribution >= 4 is 16.7 Å². The third kappa shape index (κ3) is 2.31. The minimum absolute atomic E-state index is 0.431. The Kier molecular flexibility index (Phi) is 3.26. The highest BCUT2D eigenvalue weighted by molar-refractivity contribution is 5.80. The highest BCUT2D eigenvalue weighted by Crippen LogP contribution is 2.20. The van der Waals surface area contributed by atoms with Crippen LogP contribution in [0.15, 0.2) is 48.5 Å². The second-order valence-electron chi connectivity index (χ2n) is 4.54. The fraction of sp³-hybridized carbons (Fsp3) is 0.133. The number of para-hydroxylation sites is 1. The van der Waals surface area contributed by atoms with Crippen LogP contribution in [0, 0.1) is 0 Å². The van der Waals surface area contributed by atoms with Gasteiger partial charge in [0.1, 0.15) is 18.2 Å². The molecule has 3 aromatic rings.